The quantitative estimate of drug-likeness (QED) is 0.181. The van der Waals surface area contributed by atoms with Crippen molar-refractivity contribution in [2.75, 3.05) is 0 Å². The Morgan fingerprint density at radius 3 is 1.15 bits per heavy atom. The van der Waals surface area contributed by atoms with Gasteiger partial charge in [0.15, 0.2) is 0 Å². The Bertz CT molecular complexity index is 2860. The number of hydrogen-bond donors (Lipinski definition) is 0. The zero-order valence-corrected chi connectivity index (χ0v) is 34.2. The highest BCUT2D eigenvalue weighted by Crippen LogP contribution is 2.50. The van der Waals surface area contributed by atoms with Crippen LogP contribution in [0.5, 0.6) is 0 Å². The molecule has 268 valence electrons. The summed E-state index contributed by atoms with van der Waals surface area (Å²) in [5, 5.41) is 25.5. The minimum Gasteiger partial charge on any atom is -0.197 e. The lowest BCUT2D eigenvalue weighted by Crippen LogP contribution is -2.13. The predicted octanol–water partition coefficient (Wildman–Crippen LogP) is 12.0. The third-order valence-corrected chi connectivity index (χ3v) is 13.6. The molecule has 0 bridgehead atoms. The molecular weight excluding hydrogens is 685 g/mol. The second-order valence-corrected chi connectivity index (χ2v) is 18.1. The van der Waals surface area contributed by atoms with Gasteiger partial charge in [-0.05, 0) is 170 Å². The van der Waals surface area contributed by atoms with Gasteiger partial charge in [0.1, 0.15) is 0 Å². The lowest BCUT2D eigenvalue weighted by atomic mass is 9.83. The molecule has 1 heterocycles. The maximum absolute atomic E-state index is 10.2. The number of hydrogen-bond acceptors (Lipinski definition) is 3. The number of nitrogens with zero attached hydrogens (tertiary/aromatic N) is 2. The highest BCUT2D eigenvalue weighted by atomic mass is 32.1. The summed E-state index contributed by atoms with van der Waals surface area (Å²) in [7, 11) is 0. The van der Waals surface area contributed by atoms with E-state index >= 15 is 0 Å². The van der Waals surface area contributed by atoms with Crippen molar-refractivity contribution in [3.8, 4) is 34.4 Å². The Balaban J connectivity index is 1.44. The highest BCUT2D eigenvalue weighted by Gasteiger charge is 2.32. The Hall–Kier alpha value is -5.74. The smallest absolute Gasteiger partial charge is 0.0766 e. The van der Waals surface area contributed by atoms with Gasteiger partial charge in [-0.15, -0.1) is 11.3 Å². The molecule has 7 aromatic rings. The van der Waals surface area contributed by atoms with Gasteiger partial charge in [-0.2, -0.15) is 10.5 Å². The largest absolute Gasteiger partial charge is 0.197 e. The van der Waals surface area contributed by atoms with Gasteiger partial charge >= 0.3 is 0 Å². The molecule has 2 aliphatic rings. The zero-order valence-electron chi connectivity index (χ0n) is 33.4. The molecule has 0 fully saturated rings. The van der Waals surface area contributed by atoms with Crippen LogP contribution in [0, 0.1) is 64.2 Å². The number of fused-ring (bicyclic) bond motifs is 11. The Labute approximate surface area is 328 Å². The second-order valence-electron chi connectivity index (χ2n) is 17.1. The lowest BCUT2D eigenvalue weighted by molar-refractivity contribution is 0.687. The Morgan fingerprint density at radius 2 is 0.800 bits per heavy atom. The second kappa shape index (κ2) is 11.9. The first-order valence-corrected chi connectivity index (χ1v) is 20.0. The summed E-state index contributed by atoms with van der Waals surface area (Å²) in [5.74, 6) is 0. The van der Waals surface area contributed by atoms with E-state index in [2.05, 4.69) is 139 Å². The van der Waals surface area contributed by atoms with E-state index in [0.29, 0.717) is 0 Å². The molecule has 0 unspecified atom stereocenters. The van der Waals surface area contributed by atoms with Crippen LogP contribution in [0.15, 0.2) is 84.9 Å². The minimum atomic E-state index is -0.625. The van der Waals surface area contributed by atoms with Gasteiger partial charge in [0, 0.05) is 31.3 Å². The molecule has 0 radical (unpaired) electrons. The van der Waals surface area contributed by atoms with E-state index in [4.69, 9.17) is 0 Å². The Morgan fingerprint density at radius 1 is 0.436 bits per heavy atom. The summed E-state index contributed by atoms with van der Waals surface area (Å²) in [6.07, 6.45) is 0. The van der Waals surface area contributed by atoms with Gasteiger partial charge in [-0.3, -0.25) is 0 Å². The molecule has 0 spiro atoms. The fraction of sp³-hybridized carbons (Fsp3) is 0.231. The molecule has 6 aromatic carbocycles. The van der Waals surface area contributed by atoms with E-state index < -0.39 is 10.8 Å². The molecule has 3 heteroatoms. The summed E-state index contributed by atoms with van der Waals surface area (Å²) >= 11 is 1.90. The predicted molar refractivity (Wildman–Crippen MR) is 231 cm³/mol. The summed E-state index contributed by atoms with van der Waals surface area (Å²) < 4.78 is 2.55. The van der Waals surface area contributed by atoms with Crippen LogP contribution in [-0.2, 0) is 10.8 Å². The van der Waals surface area contributed by atoms with E-state index in [1.807, 2.05) is 39.0 Å². The van der Waals surface area contributed by atoms with Crippen molar-refractivity contribution >= 4 is 42.7 Å². The molecule has 0 amide bonds. The van der Waals surface area contributed by atoms with Gasteiger partial charge < -0.3 is 0 Å². The fourth-order valence-electron chi connectivity index (χ4n) is 9.68. The molecule has 0 atom stereocenters. The zero-order chi connectivity index (χ0) is 38.9. The first kappa shape index (κ1) is 35.0. The van der Waals surface area contributed by atoms with E-state index in [9.17, 15) is 10.5 Å². The molecule has 2 aliphatic carbocycles. The van der Waals surface area contributed by atoms with Crippen molar-refractivity contribution in [1.82, 2.24) is 0 Å². The van der Waals surface area contributed by atoms with Gasteiger partial charge in [0.25, 0.3) is 0 Å². The molecule has 1 aromatic heterocycles. The van der Waals surface area contributed by atoms with E-state index in [-0.39, 0.29) is 0 Å². The van der Waals surface area contributed by atoms with Crippen molar-refractivity contribution in [3.05, 3.63) is 162 Å². The molecule has 0 saturated carbocycles. The van der Waals surface area contributed by atoms with E-state index in [1.54, 1.807) is 0 Å². The van der Waals surface area contributed by atoms with E-state index in [0.717, 1.165) is 11.1 Å². The summed E-state index contributed by atoms with van der Waals surface area (Å²) in [6.45, 7) is 21.3. The third kappa shape index (κ3) is 4.96. The van der Waals surface area contributed by atoms with Gasteiger partial charge in [-0.25, -0.2) is 0 Å². The standard InChI is InChI=1S/C52H44N2S/c1-27-19-29(3)43(30(4)20-27)45-35-13-11-33(51(7,8)25-53)23-41(35)47-39(45)17-15-37-38-16-18-40-46(44-31(5)21-28(2)22-32(44)6)36-14-12-34(52(9,10)26-54)24-42(36)48(40)50(38)55-49(37)47/h11-24H,1-10H3. The van der Waals surface area contributed by atoms with Crippen molar-refractivity contribution in [3.63, 3.8) is 0 Å². The van der Waals surface area contributed by atoms with Crippen LogP contribution in [0.1, 0.15) is 94.5 Å². The number of aryl methyl sites for hydroxylation is 6. The monoisotopic (exact) mass is 728 g/mol. The van der Waals surface area contributed by atoms with Crippen LogP contribution < -0.4 is 10.4 Å². The van der Waals surface area contributed by atoms with Crippen LogP contribution in [0.3, 0.4) is 0 Å². The van der Waals surface area contributed by atoms with Crippen molar-refractivity contribution in [2.24, 2.45) is 0 Å². The van der Waals surface area contributed by atoms with Crippen LogP contribution in [-0.4, -0.2) is 0 Å². The minimum absolute atomic E-state index is 0.625. The average molecular weight is 729 g/mol. The molecular formula is C52H44N2S. The lowest BCUT2D eigenvalue weighted by Gasteiger charge is -2.19. The van der Waals surface area contributed by atoms with Crippen molar-refractivity contribution in [1.29, 1.82) is 10.5 Å². The molecule has 0 aliphatic heterocycles. The van der Waals surface area contributed by atoms with Crippen LogP contribution in [0.4, 0.5) is 0 Å². The SMILES string of the molecule is Cc1cc(C)c(C2=c3ccc4c(sc5c6c(ccc54)=C(c4c(C)cc(C)cc4C)c4ccc(C(C)(C)C#N)cc4-6)c3-c3cc(C(C)(C)C#N)ccc32)c(C)c1. The molecule has 0 N–H and O–H groups in total. The number of thiophene rings is 1. The normalized spacial score (nSPS) is 13.2. The summed E-state index contributed by atoms with van der Waals surface area (Å²) in [4.78, 5) is 0. The first-order valence-electron chi connectivity index (χ1n) is 19.2. The average Bonchev–Trinajstić information content (AvgIpc) is 3.78. The number of rotatable bonds is 4. The topological polar surface area (TPSA) is 47.6 Å². The van der Waals surface area contributed by atoms with Crippen molar-refractivity contribution < 1.29 is 0 Å². The van der Waals surface area contributed by atoms with E-state index in [1.165, 1.54) is 120 Å². The maximum atomic E-state index is 10.2. The first-order chi connectivity index (χ1) is 26.1. The molecule has 0 saturated heterocycles. The molecule has 55 heavy (non-hydrogen) atoms. The number of nitriles is 2. The van der Waals surface area contributed by atoms with Crippen LogP contribution in [0.25, 0.3) is 53.6 Å². The fourth-order valence-corrected chi connectivity index (χ4v) is 11.1. The van der Waals surface area contributed by atoms with Crippen molar-refractivity contribution in [2.45, 2.75) is 80.1 Å². The number of benzene rings is 6. The highest BCUT2D eigenvalue weighted by molar-refractivity contribution is 7.27. The van der Waals surface area contributed by atoms with Crippen LogP contribution in [0.2, 0.25) is 0 Å². The van der Waals surface area contributed by atoms with Gasteiger partial charge in [-0.1, -0.05) is 83.9 Å². The van der Waals surface area contributed by atoms with Crippen LogP contribution >= 0.6 is 11.3 Å². The summed E-state index contributed by atoms with van der Waals surface area (Å²) in [5.41, 5.74) is 21.0. The molecule has 2 nitrogen and oxygen atoms in total. The third-order valence-electron chi connectivity index (χ3n) is 12.3. The molecule has 9 rings (SSSR count). The van der Waals surface area contributed by atoms with Gasteiger partial charge in [0.05, 0.1) is 23.0 Å². The maximum Gasteiger partial charge on any atom is 0.0766 e. The Kier molecular flexibility index (Phi) is 7.56. The summed E-state index contributed by atoms with van der Waals surface area (Å²) in [6, 6.07) is 37.1. The van der Waals surface area contributed by atoms with Gasteiger partial charge in [0.2, 0.25) is 0 Å².